The summed E-state index contributed by atoms with van der Waals surface area (Å²) in [6.07, 6.45) is 4.50. The first kappa shape index (κ1) is 19.4. The summed E-state index contributed by atoms with van der Waals surface area (Å²) in [5.41, 5.74) is 3.03. The Labute approximate surface area is 162 Å². The van der Waals surface area contributed by atoms with Gasteiger partial charge < -0.3 is 10.2 Å². The Bertz CT molecular complexity index is 724. The SMILES string of the molecule is CC(C)CCNC(=O)c1cncc(N2CCN(Cc3ccccc3)CC2)c1. The van der Waals surface area contributed by atoms with E-state index in [1.165, 1.54) is 5.56 Å². The summed E-state index contributed by atoms with van der Waals surface area (Å²) < 4.78 is 0. The number of amides is 1. The van der Waals surface area contributed by atoms with Crippen molar-refractivity contribution in [2.24, 2.45) is 5.92 Å². The maximum Gasteiger partial charge on any atom is 0.252 e. The maximum absolute atomic E-state index is 12.3. The van der Waals surface area contributed by atoms with Gasteiger partial charge in [-0.15, -0.1) is 0 Å². The number of hydrogen-bond acceptors (Lipinski definition) is 4. The topological polar surface area (TPSA) is 48.5 Å². The van der Waals surface area contributed by atoms with Crippen LogP contribution in [0.2, 0.25) is 0 Å². The minimum absolute atomic E-state index is 0.0345. The minimum atomic E-state index is -0.0345. The number of carbonyl (C=O) groups is 1. The molecule has 1 N–H and O–H groups in total. The number of pyridine rings is 1. The van der Waals surface area contributed by atoms with Crippen molar-refractivity contribution in [3.05, 3.63) is 59.9 Å². The van der Waals surface area contributed by atoms with Gasteiger partial charge in [-0.1, -0.05) is 44.2 Å². The van der Waals surface area contributed by atoms with Crippen LogP contribution in [0.1, 0.15) is 36.2 Å². The molecular formula is C22H30N4O. The lowest BCUT2D eigenvalue weighted by molar-refractivity contribution is 0.0951. The first-order valence-electron chi connectivity index (χ1n) is 9.86. The number of hydrogen-bond donors (Lipinski definition) is 1. The first-order valence-corrected chi connectivity index (χ1v) is 9.86. The average Bonchev–Trinajstić information content (AvgIpc) is 2.69. The third-order valence-electron chi connectivity index (χ3n) is 4.98. The highest BCUT2D eigenvalue weighted by atomic mass is 16.1. The van der Waals surface area contributed by atoms with Crippen molar-refractivity contribution in [2.45, 2.75) is 26.8 Å². The molecule has 0 atom stereocenters. The Balaban J connectivity index is 1.53. The van der Waals surface area contributed by atoms with E-state index < -0.39 is 0 Å². The van der Waals surface area contributed by atoms with Crippen LogP contribution >= 0.6 is 0 Å². The van der Waals surface area contributed by atoms with Crippen LogP contribution in [-0.2, 0) is 6.54 Å². The van der Waals surface area contributed by atoms with E-state index >= 15 is 0 Å². The molecule has 0 saturated carbocycles. The lowest BCUT2D eigenvalue weighted by Crippen LogP contribution is -2.46. The largest absolute Gasteiger partial charge is 0.368 e. The van der Waals surface area contributed by atoms with Gasteiger partial charge in [-0.05, 0) is 24.0 Å². The molecule has 1 aliphatic heterocycles. The molecule has 0 spiro atoms. The first-order chi connectivity index (χ1) is 13.1. The molecule has 144 valence electrons. The molecular weight excluding hydrogens is 336 g/mol. The van der Waals surface area contributed by atoms with Gasteiger partial charge in [0, 0.05) is 45.5 Å². The number of carbonyl (C=O) groups excluding carboxylic acids is 1. The third kappa shape index (κ3) is 5.79. The predicted octanol–water partition coefficient (Wildman–Crippen LogP) is 3.18. The number of rotatable bonds is 7. The predicted molar refractivity (Wildman–Crippen MR) is 110 cm³/mol. The van der Waals surface area contributed by atoms with Crippen molar-refractivity contribution in [3.8, 4) is 0 Å². The summed E-state index contributed by atoms with van der Waals surface area (Å²) in [4.78, 5) is 21.4. The van der Waals surface area contributed by atoms with E-state index in [1.807, 2.05) is 12.3 Å². The highest BCUT2D eigenvalue weighted by Crippen LogP contribution is 2.18. The van der Waals surface area contributed by atoms with E-state index in [1.54, 1.807) is 6.20 Å². The molecule has 0 radical (unpaired) electrons. The molecule has 5 nitrogen and oxygen atoms in total. The highest BCUT2D eigenvalue weighted by Gasteiger charge is 2.18. The van der Waals surface area contributed by atoms with Gasteiger partial charge >= 0.3 is 0 Å². The van der Waals surface area contributed by atoms with E-state index in [0.29, 0.717) is 18.0 Å². The molecule has 2 aromatic rings. The molecule has 0 aliphatic carbocycles. The zero-order valence-electron chi connectivity index (χ0n) is 16.4. The molecule has 0 bridgehead atoms. The van der Waals surface area contributed by atoms with Crippen LogP contribution in [0.5, 0.6) is 0 Å². The zero-order chi connectivity index (χ0) is 19.1. The van der Waals surface area contributed by atoms with Crippen LogP contribution in [0.15, 0.2) is 48.8 Å². The molecule has 5 heteroatoms. The molecule has 1 saturated heterocycles. The number of anilines is 1. The monoisotopic (exact) mass is 366 g/mol. The van der Waals surface area contributed by atoms with Gasteiger partial charge in [-0.2, -0.15) is 0 Å². The van der Waals surface area contributed by atoms with Crippen molar-refractivity contribution in [1.82, 2.24) is 15.2 Å². The summed E-state index contributed by atoms with van der Waals surface area (Å²) >= 11 is 0. The lowest BCUT2D eigenvalue weighted by Gasteiger charge is -2.36. The molecule has 1 aromatic carbocycles. The fraction of sp³-hybridized carbons (Fsp3) is 0.455. The van der Waals surface area contributed by atoms with Crippen molar-refractivity contribution in [1.29, 1.82) is 0 Å². The fourth-order valence-electron chi connectivity index (χ4n) is 3.31. The van der Waals surface area contributed by atoms with Gasteiger partial charge in [0.2, 0.25) is 0 Å². The molecule has 27 heavy (non-hydrogen) atoms. The second kappa shape index (κ2) is 9.51. The van der Waals surface area contributed by atoms with Crippen molar-refractivity contribution >= 4 is 11.6 Å². The number of benzene rings is 1. The van der Waals surface area contributed by atoms with Crippen LogP contribution < -0.4 is 10.2 Å². The summed E-state index contributed by atoms with van der Waals surface area (Å²) in [6, 6.07) is 12.6. The summed E-state index contributed by atoms with van der Waals surface area (Å²) in [6.45, 7) is 9.95. The fourth-order valence-corrected chi connectivity index (χ4v) is 3.31. The minimum Gasteiger partial charge on any atom is -0.368 e. The standard InChI is InChI=1S/C22H30N4O/c1-18(2)8-9-24-22(27)20-14-21(16-23-15-20)26-12-10-25(11-13-26)17-19-6-4-3-5-7-19/h3-7,14-16,18H,8-13,17H2,1-2H3,(H,24,27). The smallest absolute Gasteiger partial charge is 0.252 e. The zero-order valence-corrected chi connectivity index (χ0v) is 16.4. The molecule has 2 heterocycles. The van der Waals surface area contributed by atoms with Gasteiger partial charge in [-0.3, -0.25) is 14.7 Å². The number of nitrogens with zero attached hydrogens (tertiary/aromatic N) is 3. The molecule has 1 fully saturated rings. The van der Waals surface area contributed by atoms with Crippen LogP contribution in [0, 0.1) is 5.92 Å². The number of aromatic nitrogens is 1. The Kier molecular flexibility index (Phi) is 6.82. The molecule has 3 rings (SSSR count). The Hall–Kier alpha value is -2.40. The number of nitrogens with one attached hydrogen (secondary N) is 1. The quantitative estimate of drug-likeness (QED) is 0.818. The van der Waals surface area contributed by atoms with E-state index in [-0.39, 0.29) is 5.91 Å². The van der Waals surface area contributed by atoms with Crippen LogP contribution in [-0.4, -0.2) is 48.5 Å². The van der Waals surface area contributed by atoms with E-state index in [4.69, 9.17) is 0 Å². The average molecular weight is 367 g/mol. The second-order valence-electron chi connectivity index (χ2n) is 7.62. The van der Waals surface area contributed by atoms with Crippen molar-refractivity contribution < 1.29 is 4.79 Å². The summed E-state index contributed by atoms with van der Waals surface area (Å²) in [7, 11) is 0. The Morgan fingerprint density at radius 3 is 2.56 bits per heavy atom. The molecule has 1 amide bonds. The lowest BCUT2D eigenvalue weighted by atomic mass is 10.1. The molecule has 1 aromatic heterocycles. The molecule has 0 unspecified atom stereocenters. The van der Waals surface area contributed by atoms with Crippen molar-refractivity contribution in [2.75, 3.05) is 37.6 Å². The van der Waals surface area contributed by atoms with E-state index in [0.717, 1.165) is 44.8 Å². The van der Waals surface area contributed by atoms with E-state index in [2.05, 4.69) is 64.3 Å². The van der Waals surface area contributed by atoms with Crippen LogP contribution in [0.3, 0.4) is 0 Å². The summed E-state index contributed by atoms with van der Waals surface area (Å²) in [5, 5.41) is 2.99. The van der Waals surface area contributed by atoms with Gasteiger partial charge in [0.1, 0.15) is 0 Å². The Morgan fingerprint density at radius 2 is 1.85 bits per heavy atom. The number of piperazine rings is 1. The van der Waals surface area contributed by atoms with E-state index in [9.17, 15) is 4.79 Å². The van der Waals surface area contributed by atoms with Crippen LogP contribution in [0.25, 0.3) is 0 Å². The van der Waals surface area contributed by atoms with Gasteiger partial charge in [0.05, 0.1) is 17.4 Å². The van der Waals surface area contributed by atoms with Crippen LogP contribution in [0.4, 0.5) is 5.69 Å². The summed E-state index contributed by atoms with van der Waals surface area (Å²) in [5.74, 6) is 0.551. The second-order valence-corrected chi connectivity index (χ2v) is 7.62. The van der Waals surface area contributed by atoms with Gasteiger partial charge in [0.15, 0.2) is 0 Å². The maximum atomic E-state index is 12.3. The third-order valence-corrected chi connectivity index (χ3v) is 4.98. The Morgan fingerprint density at radius 1 is 1.11 bits per heavy atom. The van der Waals surface area contributed by atoms with Gasteiger partial charge in [-0.25, -0.2) is 0 Å². The highest BCUT2D eigenvalue weighted by molar-refractivity contribution is 5.94. The normalized spacial score (nSPS) is 15.1. The van der Waals surface area contributed by atoms with Gasteiger partial charge in [0.25, 0.3) is 5.91 Å². The van der Waals surface area contributed by atoms with Crippen molar-refractivity contribution in [3.63, 3.8) is 0 Å². The molecule has 1 aliphatic rings.